The third kappa shape index (κ3) is 27.2. The molecular weight excluding hydrogens is 399 g/mol. The first-order valence-corrected chi connectivity index (χ1v) is 12.1. The summed E-state index contributed by atoms with van der Waals surface area (Å²) in [6.07, 6.45) is 14.6. The Balaban J connectivity index is 0. The molecule has 0 rings (SSSR count). The van der Waals surface area contributed by atoms with Gasteiger partial charge in [0.1, 0.15) is 5.78 Å². The molecule has 3 N–H and O–H groups in total. The smallest absolute Gasteiger partial charge is 0.470 e. The van der Waals surface area contributed by atoms with Crippen molar-refractivity contribution in [3.63, 3.8) is 0 Å². The Morgan fingerprint density at radius 1 is 0.862 bits per heavy atom. The van der Waals surface area contributed by atoms with E-state index >= 15 is 0 Å². The van der Waals surface area contributed by atoms with E-state index in [2.05, 4.69) is 11.4 Å². The normalized spacial score (nSPS) is 12.2. The Kier molecular flexibility index (Phi) is 21.5. The summed E-state index contributed by atoms with van der Waals surface area (Å²) < 4.78 is 19.1. The van der Waals surface area contributed by atoms with Gasteiger partial charge in [0, 0.05) is 20.1 Å². The summed E-state index contributed by atoms with van der Waals surface area (Å²) in [4.78, 5) is 37.3. The lowest BCUT2D eigenvalue weighted by molar-refractivity contribution is -0.148. The second-order valence-electron chi connectivity index (χ2n) is 7.21. The number of phosphoric acid groups is 1. The van der Waals surface area contributed by atoms with Gasteiger partial charge in [0.25, 0.3) is 0 Å². The Bertz CT molecular complexity index is 436. The number of ketones is 1. The second-order valence-corrected chi connectivity index (χ2v) is 8.40. The summed E-state index contributed by atoms with van der Waals surface area (Å²) in [6, 6.07) is 0. The van der Waals surface area contributed by atoms with Crippen LogP contribution in [0.5, 0.6) is 0 Å². The second kappa shape index (κ2) is 20.5. The maximum atomic E-state index is 10.4. The zero-order chi connectivity index (χ0) is 22.5. The van der Waals surface area contributed by atoms with E-state index in [9.17, 15) is 14.2 Å². The minimum Gasteiger partial charge on any atom is -0.479 e. The predicted molar refractivity (Wildman–Crippen MR) is 113 cm³/mol. The number of carbonyl (C=O) groups is 2. The number of carboxylic acids is 1. The molecule has 0 fully saturated rings. The number of phosphoric ester groups is 1. The van der Waals surface area contributed by atoms with Crippen LogP contribution in [0, 0.1) is 0 Å². The van der Waals surface area contributed by atoms with Gasteiger partial charge in [-0.3, -0.25) is 9.32 Å². The van der Waals surface area contributed by atoms with Crippen LogP contribution >= 0.6 is 7.82 Å². The summed E-state index contributed by atoms with van der Waals surface area (Å²) >= 11 is 0. The van der Waals surface area contributed by atoms with Gasteiger partial charge in [-0.2, -0.15) is 0 Å². The lowest BCUT2D eigenvalue weighted by Crippen LogP contribution is -2.25. The van der Waals surface area contributed by atoms with Crippen LogP contribution in [0.2, 0.25) is 0 Å². The van der Waals surface area contributed by atoms with Gasteiger partial charge in [-0.05, 0) is 13.3 Å². The number of hydrogen-bond donors (Lipinski definition) is 3. The van der Waals surface area contributed by atoms with Crippen molar-refractivity contribution < 1.29 is 38.3 Å². The van der Waals surface area contributed by atoms with Crippen LogP contribution in [0.3, 0.4) is 0 Å². The molecule has 0 bridgehead atoms. The van der Waals surface area contributed by atoms with Crippen molar-refractivity contribution in [1.82, 2.24) is 0 Å². The van der Waals surface area contributed by atoms with Gasteiger partial charge in [-0.15, -0.1) is 0 Å². The molecule has 174 valence electrons. The highest BCUT2D eigenvalue weighted by molar-refractivity contribution is 7.46. The molecule has 0 aliphatic carbocycles. The summed E-state index contributed by atoms with van der Waals surface area (Å²) in [5.74, 6) is -2.11. The molecule has 0 heterocycles. The van der Waals surface area contributed by atoms with E-state index < -0.39 is 32.1 Å². The van der Waals surface area contributed by atoms with Gasteiger partial charge in [0.05, 0.1) is 0 Å². The number of aliphatic carboxylic acids is 1. The van der Waals surface area contributed by atoms with Gasteiger partial charge in [0.15, 0.2) is 6.10 Å². The van der Waals surface area contributed by atoms with Crippen molar-refractivity contribution in [1.29, 1.82) is 0 Å². The SMILES string of the molecule is CC(=O)CC(OP(=O)(O)O)C(=O)O.CCCCCCCCCCCCCCOC. The van der Waals surface area contributed by atoms with Gasteiger partial charge >= 0.3 is 13.8 Å². The lowest BCUT2D eigenvalue weighted by atomic mass is 10.1. The predicted octanol–water partition coefficient (Wildman–Crippen LogP) is 4.86. The molecule has 1 atom stereocenters. The van der Waals surface area contributed by atoms with E-state index in [0.29, 0.717) is 0 Å². The Morgan fingerprint density at radius 2 is 1.28 bits per heavy atom. The molecule has 0 aromatic rings. The summed E-state index contributed by atoms with van der Waals surface area (Å²) in [6.45, 7) is 4.32. The zero-order valence-electron chi connectivity index (χ0n) is 18.3. The fourth-order valence-corrected chi connectivity index (χ4v) is 3.18. The van der Waals surface area contributed by atoms with Crippen LogP contribution < -0.4 is 0 Å². The number of unbranched alkanes of at least 4 members (excludes halogenated alkanes) is 11. The van der Waals surface area contributed by atoms with E-state index in [0.717, 1.165) is 13.5 Å². The molecule has 0 aliphatic heterocycles. The third-order valence-corrected chi connectivity index (χ3v) is 4.74. The Hall–Kier alpha value is -0.790. The maximum Gasteiger partial charge on any atom is 0.470 e. The number of carboxylic acid groups (broad SMARTS) is 1. The molecule has 0 saturated heterocycles. The van der Waals surface area contributed by atoms with Crippen molar-refractivity contribution >= 4 is 19.6 Å². The zero-order valence-corrected chi connectivity index (χ0v) is 19.2. The van der Waals surface area contributed by atoms with Crippen LogP contribution in [-0.2, 0) is 23.4 Å². The number of methoxy groups -OCH3 is 1. The first-order chi connectivity index (χ1) is 13.6. The van der Waals surface area contributed by atoms with Crippen LogP contribution in [0.15, 0.2) is 0 Å². The number of carbonyl (C=O) groups excluding carboxylic acids is 1. The fourth-order valence-electron chi connectivity index (χ4n) is 2.68. The molecule has 0 saturated carbocycles. The van der Waals surface area contributed by atoms with Crippen molar-refractivity contribution in [2.45, 2.75) is 103 Å². The fraction of sp³-hybridized carbons (Fsp3) is 0.900. The van der Waals surface area contributed by atoms with Gasteiger partial charge in [-0.1, -0.05) is 77.6 Å². The molecule has 0 aromatic carbocycles. The molecule has 29 heavy (non-hydrogen) atoms. The van der Waals surface area contributed by atoms with Gasteiger partial charge < -0.3 is 19.6 Å². The van der Waals surface area contributed by atoms with Crippen molar-refractivity contribution in [2.75, 3.05) is 13.7 Å². The van der Waals surface area contributed by atoms with E-state index in [1.165, 1.54) is 77.0 Å². The summed E-state index contributed by atoms with van der Waals surface area (Å²) in [7, 11) is -3.07. The number of rotatable bonds is 18. The highest BCUT2D eigenvalue weighted by atomic mass is 31.2. The number of Topliss-reactive ketones (excluding diaryl/α,β-unsaturated/α-hetero) is 1. The Labute approximate surface area is 175 Å². The standard InChI is InChI=1S/C15H32O.C5H9O7P/c1-3-4-5-6-7-8-9-10-11-12-13-14-15-16-2;1-3(6)2-4(5(7)8)12-13(9,10)11/h3-15H2,1-2H3;4H,2H2,1H3,(H,7,8)(H2,9,10,11). The maximum absolute atomic E-state index is 10.4. The first-order valence-electron chi connectivity index (χ1n) is 10.6. The minimum atomic E-state index is -4.86. The quantitative estimate of drug-likeness (QED) is 0.203. The average Bonchev–Trinajstić information content (AvgIpc) is 2.61. The van der Waals surface area contributed by atoms with Gasteiger partial charge in [-0.25, -0.2) is 9.36 Å². The summed E-state index contributed by atoms with van der Waals surface area (Å²) in [5.41, 5.74) is 0. The van der Waals surface area contributed by atoms with E-state index in [-0.39, 0.29) is 0 Å². The molecule has 1 unspecified atom stereocenters. The van der Waals surface area contributed by atoms with Gasteiger partial charge in [0.2, 0.25) is 0 Å². The summed E-state index contributed by atoms with van der Waals surface area (Å²) in [5, 5.41) is 8.36. The first kappa shape index (κ1) is 30.4. The topological polar surface area (TPSA) is 130 Å². The lowest BCUT2D eigenvalue weighted by Gasteiger charge is -2.11. The third-order valence-electron chi connectivity index (χ3n) is 4.21. The highest BCUT2D eigenvalue weighted by Gasteiger charge is 2.28. The van der Waals surface area contributed by atoms with E-state index in [1.54, 1.807) is 7.11 Å². The molecule has 0 radical (unpaired) electrons. The van der Waals surface area contributed by atoms with Crippen molar-refractivity contribution in [3.05, 3.63) is 0 Å². The Morgan fingerprint density at radius 3 is 1.59 bits per heavy atom. The number of hydrogen-bond acceptors (Lipinski definition) is 5. The molecule has 0 aliphatic rings. The van der Waals surface area contributed by atoms with Crippen LogP contribution in [0.4, 0.5) is 0 Å². The van der Waals surface area contributed by atoms with E-state index in [1.807, 2.05) is 0 Å². The molecule has 9 heteroatoms. The van der Waals surface area contributed by atoms with Crippen LogP contribution in [0.25, 0.3) is 0 Å². The van der Waals surface area contributed by atoms with Crippen molar-refractivity contribution in [2.24, 2.45) is 0 Å². The molecule has 0 spiro atoms. The largest absolute Gasteiger partial charge is 0.479 e. The molecule has 0 amide bonds. The molecule has 0 aromatic heterocycles. The monoisotopic (exact) mass is 440 g/mol. The highest BCUT2D eigenvalue weighted by Crippen LogP contribution is 2.38. The van der Waals surface area contributed by atoms with E-state index in [4.69, 9.17) is 19.6 Å². The minimum absolute atomic E-state index is 0.527. The van der Waals surface area contributed by atoms with Crippen LogP contribution in [0.1, 0.15) is 97.3 Å². The molecular formula is C20H41O8P. The molecule has 8 nitrogen and oxygen atoms in total. The average molecular weight is 441 g/mol. The number of ether oxygens (including phenoxy) is 1. The van der Waals surface area contributed by atoms with Crippen molar-refractivity contribution in [3.8, 4) is 0 Å². The van der Waals surface area contributed by atoms with Crippen LogP contribution in [-0.4, -0.2) is 46.5 Å².